The SMILES string of the molecule is CC.CC.CC.CC.CC(C)(C)OC(=O)N1CC=C(B2OC(C)(C)C(C)(C)O2)CC1.COc1ccc(C)cc1C.COc1ccc(C2=CCN(C(=O)OC(C)(C)C)CC2)cc1C.Cc1cc(C2=CCN(C)CC2)ccc1O.Cc1ccc(C2=CCN(C)CC2)cc1C. The van der Waals surface area contributed by atoms with Gasteiger partial charge in [0.25, 0.3) is 0 Å². The molecule has 0 aromatic heterocycles. The zero-order valence-corrected chi connectivity index (χ0v) is 62.8. The second-order valence-corrected chi connectivity index (χ2v) is 25.9. The Balaban J connectivity index is 0.000000570. The molecule has 0 aliphatic carbocycles. The van der Waals surface area contributed by atoms with E-state index in [1.807, 2.05) is 176 Å². The molecule has 0 radical (unpaired) electrons. The van der Waals surface area contributed by atoms with E-state index >= 15 is 0 Å². The van der Waals surface area contributed by atoms with Crippen LogP contribution in [-0.2, 0) is 18.8 Å². The summed E-state index contributed by atoms with van der Waals surface area (Å²) in [5, 5.41) is 9.46. The molecule has 4 aromatic carbocycles. The van der Waals surface area contributed by atoms with Crippen molar-refractivity contribution in [3.63, 3.8) is 0 Å². The van der Waals surface area contributed by atoms with Gasteiger partial charge in [0.2, 0.25) is 0 Å². The Morgan fingerprint density at radius 2 is 0.837 bits per heavy atom. The van der Waals surface area contributed by atoms with Crippen LogP contribution < -0.4 is 9.47 Å². The fraction of sp³-hybridized carbons (Fsp3) is 0.564. The van der Waals surface area contributed by atoms with E-state index < -0.39 is 11.2 Å². The third kappa shape index (κ3) is 28.1. The lowest BCUT2D eigenvalue weighted by atomic mass is 9.75. The maximum absolute atomic E-state index is 12.1. The average Bonchev–Trinajstić information content (AvgIpc) is 1.62. The van der Waals surface area contributed by atoms with Crippen molar-refractivity contribution in [1.29, 1.82) is 0 Å². The van der Waals surface area contributed by atoms with Gasteiger partial charge in [-0.05, 0) is 248 Å². The number of hydrogen-bond donors (Lipinski definition) is 1. The van der Waals surface area contributed by atoms with Gasteiger partial charge in [-0.25, -0.2) is 9.59 Å². The molecule has 0 spiro atoms. The fourth-order valence-corrected chi connectivity index (χ4v) is 9.78. The first kappa shape index (κ1) is 83.7. The second-order valence-electron chi connectivity index (χ2n) is 25.9. The van der Waals surface area contributed by atoms with Crippen molar-refractivity contribution < 1.29 is 43.0 Å². The van der Waals surface area contributed by atoms with Crippen LogP contribution in [0.4, 0.5) is 9.59 Å². The summed E-state index contributed by atoms with van der Waals surface area (Å²) in [5.74, 6) is 2.24. The molecule has 4 aromatic rings. The molecule has 2 amide bonds. The fourth-order valence-electron chi connectivity index (χ4n) is 9.78. The summed E-state index contributed by atoms with van der Waals surface area (Å²) in [4.78, 5) is 32.2. The summed E-state index contributed by atoms with van der Waals surface area (Å²) in [6, 6.07) is 25.0. The molecule has 14 heteroatoms. The highest BCUT2D eigenvalue weighted by atomic mass is 16.7. The van der Waals surface area contributed by atoms with E-state index in [2.05, 4.69) is 105 Å². The number of phenolic OH excluding ortho intramolecular Hbond substituents is 1. The second kappa shape index (κ2) is 40.7. The Labute approximate surface area is 560 Å². The molecule has 5 heterocycles. The molecule has 9 rings (SSSR count). The van der Waals surface area contributed by atoms with Crippen molar-refractivity contribution in [1.82, 2.24) is 19.6 Å². The lowest BCUT2D eigenvalue weighted by molar-refractivity contribution is 0.00578. The highest BCUT2D eigenvalue weighted by Crippen LogP contribution is 2.40. The van der Waals surface area contributed by atoms with Gasteiger partial charge in [-0.1, -0.05) is 128 Å². The molecule has 0 bridgehead atoms. The van der Waals surface area contributed by atoms with E-state index in [4.69, 9.17) is 28.3 Å². The van der Waals surface area contributed by atoms with Crippen LogP contribution in [0.2, 0.25) is 0 Å². The predicted octanol–water partition coefficient (Wildman–Crippen LogP) is 19.1. The third-order valence-electron chi connectivity index (χ3n) is 15.9. The number of carbonyl (C=O) groups excluding carboxylic acids is 2. The molecule has 0 unspecified atom stereocenters. The topological polar surface area (TPSA) is 123 Å². The molecule has 1 saturated heterocycles. The van der Waals surface area contributed by atoms with Crippen molar-refractivity contribution in [2.24, 2.45) is 0 Å². The number of amides is 2. The molecule has 1 fully saturated rings. The largest absolute Gasteiger partial charge is 0.508 e. The Bertz CT molecular complexity index is 2910. The van der Waals surface area contributed by atoms with Crippen molar-refractivity contribution in [3.05, 3.63) is 153 Å². The van der Waals surface area contributed by atoms with Crippen molar-refractivity contribution in [2.45, 2.75) is 214 Å². The number of aromatic hydroxyl groups is 1. The van der Waals surface area contributed by atoms with Crippen LogP contribution in [0.25, 0.3) is 16.7 Å². The van der Waals surface area contributed by atoms with Gasteiger partial charge in [-0.3, -0.25) is 0 Å². The molecule has 1 N–H and O–H groups in total. The zero-order valence-electron chi connectivity index (χ0n) is 62.8. The van der Waals surface area contributed by atoms with E-state index in [-0.39, 0.29) is 30.5 Å². The van der Waals surface area contributed by atoms with Crippen LogP contribution in [0, 0.1) is 41.5 Å². The summed E-state index contributed by atoms with van der Waals surface area (Å²) >= 11 is 0. The van der Waals surface area contributed by atoms with E-state index in [0.29, 0.717) is 31.9 Å². The number of methoxy groups -OCH3 is 2. The van der Waals surface area contributed by atoms with Crippen LogP contribution in [0.5, 0.6) is 17.2 Å². The van der Waals surface area contributed by atoms with Crippen molar-refractivity contribution in [3.8, 4) is 17.2 Å². The molecule has 5 aliphatic heterocycles. The van der Waals surface area contributed by atoms with Crippen LogP contribution in [0.1, 0.15) is 200 Å². The molecule has 514 valence electrons. The Morgan fingerprint density at radius 1 is 0.467 bits per heavy atom. The Kier molecular flexibility index (Phi) is 37.0. The number of rotatable bonds is 6. The van der Waals surface area contributed by atoms with E-state index in [0.717, 1.165) is 67.0 Å². The first-order valence-electron chi connectivity index (χ1n) is 33.9. The third-order valence-corrected chi connectivity index (χ3v) is 15.9. The monoisotopic (exact) mass is 1270 g/mol. The van der Waals surface area contributed by atoms with Crippen LogP contribution in [-0.4, -0.2) is 147 Å². The van der Waals surface area contributed by atoms with Gasteiger partial charge in [0, 0.05) is 52.4 Å². The number of benzene rings is 4. The van der Waals surface area contributed by atoms with Crippen LogP contribution in [0.15, 0.2) is 103 Å². The van der Waals surface area contributed by atoms with Crippen molar-refractivity contribution >= 4 is 36.0 Å². The normalized spacial score (nSPS) is 16.5. The number of hydrogen-bond acceptors (Lipinski definition) is 11. The predicted molar refractivity (Wildman–Crippen MR) is 392 cm³/mol. The number of nitrogens with zero attached hydrogens (tertiary/aromatic N) is 4. The maximum Gasteiger partial charge on any atom is 0.490 e. The number of ether oxygens (including phenoxy) is 4. The molecule has 13 nitrogen and oxygen atoms in total. The van der Waals surface area contributed by atoms with Gasteiger partial charge in [-0.15, -0.1) is 0 Å². The minimum Gasteiger partial charge on any atom is -0.508 e. The Hall–Kier alpha value is -6.32. The van der Waals surface area contributed by atoms with E-state index in [1.54, 1.807) is 30.1 Å². The number of phenols is 1. The summed E-state index contributed by atoms with van der Waals surface area (Å²) in [7, 11) is 7.37. The number of likely N-dealkylation sites (N-methyl/N-ethyl adjacent to an activating group) is 2. The molecule has 92 heavy (non-hydrogen) atoms. The molecule has 5 aliphatic rings. The van der Waals surface area contributed by atoms with Gasteiger partial charge in [0.05, 0.1) is 25.4 Å². The van der Waals surface area contributed by atoms with Gasteiger partial charge in [0.1, 0.15) is 28.5 Å². The molecular weight excluding hydrogens is 1150 g/mol. The summed E-state index contributed by atoms with van der Waals surface area (Å²) in [6.45, 7) is 54.8. The average molecular weight is 1270 g/mol. The maximum atomic E-state index is 12.1. The van der Waals surface area contributed by atoms with Gasteiger partial charge in [-0.2, -0.15) is 0 Å². The van der Waals surface area contributed by atoms with Gasteiger partial charge < -0.3 is 53.0 Å². The standard InChI is InChI=1S/C18H25NO3.C16H28BNO4.C14H19N.C13H17NO.C9H12O.4C2H6/c1-13-12-15(6-7-16(13)21-5)14-8-10-19(11-9-14)17(20)22-18(2,3)4;1-14(2,3)20-13(19)18-10-8-12(9-11-18)17-21-15(4,5)16(6,7)22-17;1-11-4-5-14(10-12(11)2)13-6-8-15(3)9-7-13;1-10-9-12(3-4-13(10)15)11-5-7-14(2)8-6-11;1-7-4-5-9(10-3)8(2)6-7;4*1-2/h6-8,12H,9-11H2,1-5H3;8H,9-11H2,1-7H3;4-6,10H,7-9H2,1-3H3;3-5,9,15H,6-8H2,1-2H3;4-6H,1-3H3;4*1-2H3. The van der Waals surface area contributed by atoms with Gasteiger partial charge >= 0.3 is 19.3 Å². The van der Waals surface area contributed by atoms with Crippen LogP contribution in [0.3, 0.4) is 0 Å². The molecular formula is C78H125BN4O9. The quantitative estimate of drug-likeness (QED) is 0.186. The first-order valence-corrected chi connectivity index (χ1v) is 33.9. The highest BCUT2D eigenvalue weighted by Gasteiger charge is 2.52. The summed E-state index contributed by atoms with van der Waals surface area (Å²) in [6.07, 6.45) is 12.1. The molecule has 0 saturated carbocycles. The summed E-state index contributed by atoms with van der Waals surface area (Å²) in [5.41, 5.74) is 14.9. The van der Waals surface area contributed by atoms with Crippen LogP contribution >= 0.6 is 0 Å². The Morgan fingerprint density at radius 3 is 1.18 bits per heavy atom. The highest BCUT2D eigenvalue weighted by molar-refractivity contribution is 6.54. The number of carbonyl (C=O) groups is 2. The molecule has 0 atom stereocenters. The smallest absolute Gasteiger partial charge is 0.490 e. The minimum absolute atomic E-state index is 0.242. The lowest BCUT2D eigenvalue weighted by Crippen LogP contribution is -2.41. The van der Waals surface area contributed by atoms with Gasteiger partial charge in [0.15, 0.2) is 0 Å². The van der Waals surface area contributed by atoms with E-state index in [1.165, 1.54) is 68.6 Å². The first-order chi connectivity index (χ1) is 43.3. The lowest BCUT2D eigenvalue weighted by Gasteiger charge is -2.32. The minimum atomic E-state index is -0.465. The van der Waals surface area contributed by atoms with E-state index in [9.17, 15) is 14.7 Å². The summed E-state index contributed by atoms with van der Waals surface area (Å²) < 4.78 is 33.3. The number of aryl methyl sites for hydroxylation is 6. The van der Waals surface area contributed by atoms with Crippen molar-refractivity contribution in [2.75, 3.05) is 80.7 Å². The zero-order chi connectivity index (χ0) is 70.3.